The van der Waals surface area contributed by atoms with Crippen LogP contribution in [0.1, 0.15) is 26.3 Å². The Morgan fingerprint density at radius 3 is 2.47 bits per heavy atom. The molecule has 1 aliphatic heterocycles. The molecule has 164 valence electrons. The van der Waals surface area contributed by atoms with E-state index in [1.165, 1.54) is 40.7 Å². The van der Waals surface area contributed by atoms with Crippen molar-refractivity contribution in [3.8, 4) is 0 Å². The van der Waals surface area contributed by atoms with Crippen LogP contribution in [0.25, 0.3) is 0 Å². The van der Waals surface area contributed by atoms with Crippen LogP contribution in [0.15, 0.2) is 65.6 Å². The van der Waals surface area contributed by atoms with Gasteiger partial charge in [0.15, 0.2) is 0 Å². The second-order valence-corrected chi connectivity index (χ2v) is 9.79. The predicted molar refractivity (Wildman–Crippen MR) is 122 cm³/mol. The van der Waals surface area contributed by atoms with E-state index in [2.05, 4.69) is 5.32 Å². The fraction of sp³-hybridized carbons (Fsp3) is 0.0909. The number of nitrogens with one attached hydrogen (secondary N) is 1. The van der Waals surface area contributed by atoms with Gasteiger partial charge in [-0.3, -0.25) is 9.10 Å². The lowest BCUT2D eigenvalue weighted by atomic mass is 10.1. The first-order chi connectivity index (χ1) is 15.2. The smallest absolute Gasteiger partial charge is 0.337 e. The number of carboxylic acids is 1. The van der Waals surface area contributed by atoms with Gasteiger partial charge in [-0.1, -0.05) is 35.3 Å². The molecule has 0 fully saturated rings. The monoisotopic (exact) mass is 490 g/mol. The normalized spacial score (nSPS) is 13.0. The van der Waals surface area contributed by atoms with E-state index in [-0.39, 0.29) is 27.6 Å². The number of nitrogens with zero attached hydrogens (tertiary/aromatic N) is 1. The van der Waals surface area contributed by atoms with Crippen molar-refractivity contribution in [2.75, 3.05) is 16.2 Å². The highest BCUT2D eigenvalue weighted by molar-refractivity contribution is 7.92. The molecule has 0 saturated carbocycles. The van der Waals surface area contributed by atoms with E-state index >= 15 is 0 Å². The summed E-state index contributed by atoms with van der Waals surface area (Å²) in [5.74, 6) is -1.66. The van der Waals surface area contributed by atoms with Crippen LogP contribution in [0.5, 0.6) is 0 Å². The van der Waals surface area contributed by atoms with Crippen LogP contribution < -0.4 is 9.62 Å². The van der Waals surface area contributed by atoms with Crippen molar-refractivity contribution >= 4 is 56.5 Å². The first-order valence-electron chi connectivity index (χ1n) is 9.42. The largest absolute Gasteiger partial charge is 0.478 e. The third-order valence-corrected chi connectivity index (χ3v) is 7.40. The number of anilines is 2. The Hall–Kier alpha value is -3.07. The number of fused-ring (bicyclic) bond motifs is 1. The fourth-order valence-electron chi connectivity index (χ4n) is 3.47. The first-order valence-corrected chi connectivity index (χ1v) is 11.6. The maximum absolute atomic E-state index is 13.2. The average molecular weight is 491 g/mol. The number of rotatable bonds is 5. The quantitative estimate of drug-likeness (QED) is 0.539. The van der Waals surface area contributed by atoms with E-state index in [1.807, 2.05) is 0 Å². The minimum absolute atomic E-state index is 0.0111. The summed E-state index contributed by atoms with van der Waals surface area (Å²) in [5.41, 5.74) is 1.71. The Morgan fingerprint density at radius 2 is 1.78 bits per heavy atom. The molecule has 0 bridgehead atoms. The molecule has 4 rings (SSSR count). The van der Waals surface area contributed by atoms with Gasteiger partial charge in [0.2, 0.25) is 0 Å². The van der Waals surface area contributed by atoms with E-state index in [4.69, 9.17) is 28.3 Å². The van der Waals surface area contributed by atoms with Gasteiger partial charge in [0.25, 0.3) is 15.9 Å². The third kappa shape index (κ3) is 4.17. The number of aromatic carboxylic acids is 1. The molecule has 32 heavy (non-hydrogen) atoms. The molecule has 0 saturated heterocycles. The van der Waals surface area contributed by atoms with Crippen LogP contribution in [-0.4, -0.2) is 31.9 Å². The van der Waals surface area contributed by atoms with Crippen molar-refractivity contribution in [1.82, 2.24) is 0 Å². The minimum Gasteiger partial charge on any atom is -0.478 e. The summed E-state index contributed by atoms with van der Waals surface area (Å²) in [6.45, 7) is 0.251. The maximum Gasteiger partial charge on any atom is 0.337 e. The summed E-state index contributed by atoms with van der Waals surface area (Å²) in [6.07, 6.45) is 0.517. The van der Waals surface area contributed by atoms with Gasteiger partial charge in [-0.15, -0.1) is 0 Å². The van der Waals surface area contributed by atoms with Crippen LogP contribution >= 0.6 is 23.2 Å². The van der Waals surface area contributed by atoms with Gasteiger partial charge in [-0.05, 0) is 60.5 Å². The number of hydrogen-bond donors (Lipinski definition) is 2. The second kappa shape index (κ2) is 8.46. The van der Waals surface area contributed by atoms with Crippen molar-refractivity contribution in [3.05, 3.63) is 87.4 Å². The van der Waals surface area contributed by atoms with Gasteiger partial charge < -0.3 is 10.4 Å². The molecule has 3 aromatic carbocycles. The fourth-order valence-corrected chi connectivity index (χ4v) is 5.52. The van der Waals surface area contributed by atoms with Crippen LogP contribution in [0.4, 0.5) is 11.4 Å². The Morgan fingerprint density at radius 1 is 1.00 bits per heavy atom. The summed E-state index contributed by atoms with van der Waals surface area (Å²) in [7, 11) is -3.85. The van der Waals surface area contributed by atoms with Crippen LogP contribution in [-0.2, 0) is 16.4 Å². The summed E-state index contributed by atoms with van der Waals surface area (Å²) >= 11 is 11.9. The number of hydrogen-bond acceptors (Lipinski definition) is 4. The minimum atomic E-state index is -3.85. The van der Waals surface area contributed by atoms with Gasteiger partial charge >= 0.3 is 5.97 Å². The van der Waals surface area contributed by atoms with E-state index in [1.54, 1.807) is 24.3 Å². The Balaban J connectivity index is 1.62. The van der Waals surface area contributed by atoms with Gasteiger partial charge in [0.1, 0.15) is 0 Å². The van der Waals surface area contributed by atoms with Crippen molar-refractivity contribution in [1.29, 1.82) is 0 Å². The Labute approximate surface area is 194 Å². The molecule has 0 spiro atoms. The van der Waals surface area contributed by atoms with Crippen molar-refractivity contribution in [2.45, 2.75) is 11.3 Å². The lowest BCUT2D eigenvalue weighted by Crippen LogP contribution is -2.29. The van der Waals surface area contributed by atoms with Crippen LogP contribution in [0, 0.1) is 0 Å². The number of amides is 1. The first kappa shape index (κ1) is 22.1. The van der Waals surface area contributed by atoms with E-state index in [9.17, 15) is 18.0 Å². The standard InChI is InChI=1S/C22H16Cl2N2O5S/c23-15-2-1-3-17(11-15)32(30,31)26-9-8-13-4-5-14(10-20(13)26)21(27)25-16-6-7-18(22(28)29)19(24)12-16/h1-7,10-12H,8-9H2,(H,25,27)(H,28,29). The zero-order valence-corrected chi connectivity index (χ0v) is 18.7. The lowest BCUT2D eigenvalue weighted by molar-refractivity contribution is 0.0697. The number of carbonyl (C=O) groups excluding carboxylic acids is 1. The highest BCUT2D eigenvalue weighted by Crippen LogP contribution is 2.34. The predicted octanol–water partition coefficient (Wildman–Crippen LogP) is 4.70. The zero-order chi connectivity index (χ0) is 23.0. The molecule has 0 radical (unpaired) electrons. The third-order valence-electron chi connectivity index (χ3n) is 5.04. The molecule has 1 heterocycles. The number of carbonyl (C=O) groups is 2. The Kier molecular flexibility index (Phi) is 5.85. The highest BCUT2D eigenvalue weighted by atomic mass is 35.5. The SMILES string of the molecule is O=C(Nc1ccc(C(=O)O)c(Cl)c1)c1ccc2c(c1)N(S(=O)(=O)c1cccc(Cl)c1)CC2. The molecule has 1 aliphatic rings. The number of halogens is 2. The summed E-state index contributed by atoms with van der Waals surface area (Å²) in [4.78, 5) is 23.9. The topological polar surface area (TPSA) is 104 Å². The maximum atomic E-state index is 13.2. The number of sulfonamides is 1. The van der Waals surface area contributed by atoms with E-state index in [0.29, 0.717) is 22.8 Å². The zero-order valence-electron chi connectivity index (χ0n) is 16.4. The molecule has 3 aromatic rings. The Bertz CT molecular complexity index is 1360. The van der Waals surface area contributed by atoms with Gasteiger partial charge in [-0.25, -0.2) is 13.2 Å². The van der Waals surface area contributed by atoms with Crippen LogP contribution in [0.2, 0.25) is 10.0 Å². The molecule has 10 heteroatoms. The molecular weight excluding hydrogens is 475 g/mol. The number of benzene rings is 3. The molecule has 0 aromatic heterocycles. The molecule has 7 nitrogen and oxygen atoms in total. The molecular formula is C22H16Cl2N2O5S. The summed E-state index contributed by atoms with van der Waals surface area (Å²) < 4.78 is 27.6. The van der Waals surface area contributed by atoms with Gasteiger partial charge in [0, 0.05) is 22.8 Å². The molecule has 0 aliphatic carbocycles. The van der Waals surface area contributed by atoms with Gasteiger partial charge in [-0.2, -0.15) is 0 Å². The van der Waals surface area contributed by atoms with Gasteiger partial charge in [0.05, 0.1) is 21.2 Å². The molecule has 0 atom stereocenters. The molecule has 1 amide bonds. The average Bonchev–Trinajstić information content (AvgIpc) is 3.17. The number of carboxylic acid groups (broad SMARTS) is 1. The van der Waals surface area contributed by atoms with Crippen LogP contribution in [0.3, 0.4) is 0 Å². The van der Waals surface area contributed by atoms with Crippen molar-refractivity contribution in [3.63, 3.8) is 0 Å². The molecule has 2 N–H and O–H groups in total. The second-order valence-electron chi connectivity index (χ2n) is 7.08. The molecule has 0 unspecified atom stereocenters. The van der Waals surface area contributed by atoms with E-state index in [0.717, 1.165) is 5.56 Å². The van der Waals surface area contributed by atoms with Crippen molar-refractivity contribution in [2.24, 2.45) is 0 Å². The summed E-state index contributed by atoms with van der Waals surface area (Å²) in [5, 5.41) is 12.0. The highest BCUT2D eigenvalue weighted by Gasteiger charge is 2.31. The van der Waals surface area contributed by atoms with Crippen molar-refractivity contribution < 1.29 is 23.1 Å². The lowest BCUT2D eigenvalue weighted by Gasteiger charge is -2.20. The summed E-state index contributed by atoms with van der Waals surface area (Å²) in [6, 6.07) is 14.9. The van der Waals surface area contributed by atoms with E-state index < -0.39 is 21.9 Å².